The Bertz CT molecular complexity index is 796. The lowest BCUT2D eigenvalue weighted by Crippen LogP contribution is -2.33. The summed E-state index contributed by atoms with van der Waals surface area (Å²) in [6, 6.07) is 8.51. The maximum atomic E-state index is 12.6. The first-order valence-corrected chi connectivity index (χ1v) is 8.60. The highest BCUT2D eigenvalue weighted by molar-refractivity contribution is 6.27. The molecule has 0 saturated carbocycles. The molecular formula is C20H24N2O5. The van der Waals surface area contributed by atoms with Crippen LogP contribution in [-0.2, 0) is 14.3 Å². The number of carbonyl (C=O) groups is 3. The van der Waals surface area contributed by atoms with Gasteiger partial charge in [-0.15, -0.1) is 0 Å². The molecule has 2 amide bonds. The van der Waals surface area contributed by atoms with Gasteiger partial charge >= 0.3 is 6.09 Å². The number of Topliss-reactive ketones (excluding diaryl/α,β-unsaturated/α-hetero) is 1. The summed E-state index contributed by atoms with van der Waals surface area (Å²) in [5.74, 6) is -2.03. The maximum Gasteiger partial charge on any atom is 0.405 e. The second-order valence-corrected chi connectivity index (χ2v) is 7.13. The molecule has 1 aliphatic heterocycles. The molecular weight excluding hydrogens is 348 g/mol. The molecule has 1 heterocycles. The molecule has 7 nitrogen and oxygen atoms in total. The van der Waals surface area contributed by atoms with E-state index in [1.165, 1.54) is 0 Å². The fourth-order valence-electron chi connectivity index (χ4n) is 3.09. The summed E-state index contributed by atoms with van der Waals surface area (Å²) in [5, 5.41) is 13.0. The van der Waals surface area contributed by atoms with Crippen LogP contribution < -0.4 is 11.1 Å². The van der Waals surface area contributed by atoms with Gasteiger partial charge in [0.1, 0.15) is 23.0 Å². The van der Waals surface area contributed by atoms with Gasteiger partial charge in [0.15, 0.2) is 5.78 Å². The van der Waals surface area contributed by atoms with Crippen molar-refractivity contribution in [2.24, 2.45) is 11.7 Å². The van der Waals surface area contributed by atoms with Gasteiger partial charge in [-0.3, -0.25) is 9.59 Å². The summed E-state index contributed by atoms with van der Waals surface area (Å²) < 4.78 is 4.99. The zero-order valence-electron chi connectivity index (χ0n) is 15.6. The third-order valence-electron chi connectivity index (χ3n) is 4.22. The van der Waals surface area contributed by atoms with Gasteiger partial charge in [-0.05, 0) is 25.8 Å². The normalized spacial score (nSPS) is 20.5. The molecule has 2 atom stereocenters. The third kappa shape index (κ3) is 5.20. The van der Waals surface area contributed by atoms with E-state index in [0.29, 0.717) is 0 Å². The largest absolute Gasteiger partial charge is 0.511 e. The average molecular weight is 372 g/mol. The highest BCUT2D eigenvalue weighted by Crippen LogP contribution is 2.28. The van der Waals surface area contributed by atoms with Crippen LogP contribution in [0.4, 0.5) is 4.79 Å². The summed E-state index contributed by atoms with van der Waals surface area (Å²) in [7, 11) is 0. The van der Waals surface area contributed by atoms with Crippen molar-refractivity contribution in [3.05, 3.63) is 53.3 Å². The number of nitrogens with two attached hydrogens (primary N) is 1. The van der Waals surface area contributed by atoms with Crippen LogP contribution in [0, 0.1) is 5.92 Å². The lowest BCUT2D eigenvalue weighted by atomic mass is 9.90. The molecule has 27 heavy (non-hydrogen) atoms. The standard InChI is InChI=1S/C20H24N2O5/c1-12(11-20(2,3)27-19(21)26)16(23)15-17(24)14(22-18(15)25)10-9-13-7-5-4-6-8-13/h4-10,12,14,23H,11H2,1-3H3,(H2,21,26)(H,22,25). The summed E-state index contributed by atoms with van der Waals surface area (Å²) in [5.41, 5.74) is 4.71. The second-order valence-electron chi connectivity index (χ2n) is 7.13. The zero-order chi connectivity index (χ0) is 20.2. The molecule has 0 spiro atoms. The smallest absolute Gasteiger partial charge is 0.405 e. The average Bonchev–Trinajstić information content (AvgIpc) is 2.85. The molecule has 1 fully saturated rings. The Hall–Kier alpha value is -3.09. The molecule has 2 unspecified atom stereocenters. The molecule has 0 radical (unpaired) electrons. The highest BCUT2D eigenvalue weighted by atomic mass is 16.6. The van der Waals surface area contributed by atoms with Gasteiger partial charge in [0.25, 0.3) is 5.91 Å². The molecule has 1 aromatic rings. The third-order valence-corrected chi connectivity index (χ3v) is 4.22. The van der Waals surface area contributed by atoms with Crippen molar-refractivity contribution in [1.82, 2.24) is 5.32 Å². The Morgan fingerprint density at radius 1 is 1.33 bits per heavy atom. The van der Waals surface area contributed by atoms with Crippen LogP contribution in [0.1, 0.15) is 32.8 Å². The van der Waals surface area contributed by atoms with Gasteiger partial charge < -0.3 is 20.9 Å². The van der Waals surface area contributed by atoms with Crippen molar-refractivity contribution in [3.63, 3.8) is 0 Å². The van der Waals surface area contributed by atoms with Crippen molar-refractivity contribution in [3.8, 4) is 0 Å². The Balaban J connectivity index is 2.16. The van der Waals surface area contributed by atoms with Crippen LogP contribution in [0.2, 0.25) is 0 Å². The second kappa shape index (κ2) is 8.07. The monoisotopic (exact) mass is 372 g/mol. The molecule has 7 heteroatoms. The summed E-state index contributed by atoms with van der Waals surface area (Å²) in [4.78, 5) is 35.7. The van der Waals surface area contributed by atoms with Crippen LogP contribution in [0.5, 0.6) is 0 Å². The van der Waals surface area contributed by atoms with E-state index in [2.05, 4.69) is 5.32 Å². The van der Waals surface area contributed by atoms with E-state index < -0.39 is 35.3 Å². The lowest BCUT2D eigenvalue weighted by Gasteiger charge is -2.27. The van der Waals surface area contributed by atoms with E-state index >= 15 is 0 Å². The van der Waals surface area contributed by atoms with Crippen LogP contribution in [-0.4, -0.2) is 34.5 Å². The van der Waals surface area contributed by atoms with Gasteiger partial charge in [0.2, 0.25) is 0 Å². The quantitative estimate of drug-likeness (QED) is 0.403. The number of amides is 2. The number of benzene rings is 1. The van der Waals surface area contributed by atoms with Crippen LogP contribution >= 0.6 is 0 Å². The molecule has 144 valence electrons. The van der Waals surface area contributed by atoms with Gasteiger partial charge in [-0.2, -0.15) is 0 Å². The number of ketones is 1. The molecule has 1 aromatic carbocycles. The molecule has 1 aliphatic rings. The molecule has 1 saturated heterocycles. The van der Waals surface area contributed by atoms with E-state index in [0.717, 1.165) is 5.56 Å². The molecule has 0 bridgehead atoms. The van der Waals surface area contributed by atoms with Gasteiger partial charge in [0, 0.05) is 5.92 Å². The van der Waals surface area contributed by atoms with Gasteiger partial charge in [-0.1, -0.05) is 49.4 Å². The molecule has 2 rings (SSSR count). The van der Waals surface area contributed by atoms with Crippen molar-refractivity contribution >= 4 is 23.9 Å². The number of ether oxygens (including phenoxy) is 1. The maximum absolute atomic E-state index is 12.6. The Morgan fingerprint density at radius 2 is 1.96 bits per heavy atom. The fourth-order valence-corrected chi connectivity index (χ4v) is 3.09. The first kappa shape index (κ1) is 20.2. The molecule has 4 N–H and O–H groups in total. The fraction of sp³-hybridized carbons (Fsp3) is 0.350. The van der Waals surface area contributed by atoms with E-state index in [4.69, 9.17) is 10.5 Å². The Kier molecular flexibility index (Phi) is 6.05. The first-order valence-electron chi connectivity index (χ1n) is 8.60. The van der Waals surface area contributed by atoms with Gasteiger partial charge in [-0.25, -0.2) is 4.79 Å². The Morgan fingerprint density at radius 3 is 2.56 bits per heavy atom. The molecule has 0 aromatic heterocycles. The number of hydrogen-bond donors (Lipinski definition) is 3. The minimum atomic E-state index is -0.954. The number of hydrogen-bond acceptors (Lipinski definition) is 5. The predicted molar refractivity (Wildman–Crippen MR) is 101 cm³/mol. The van der Waals surface area contributed by atoms with Crippen molar-refractivity contribution in [1.29, 1.82) is 0 Å². The number of nitrogens with one attached hydrogen (secondary N) is 1. The number of rotatable bonds is 6. The minimum Gasteiger partial charge on any atom is -0.511 e. The summed E-state index contributed by atoms with van der Waals surface area (Å²) in [6.07, 6.45) is 2.58. The van der Waals surface area contributed by atoms with E-state index in [9.17, 15) is 19.5 Å². The van der Waals surface area contributed by atoms with Crippen molar-refractivity contribution in [2.75, 3.05) is 0 Å². The number of aliphatic hydroxyl groups excluding tert-OH is 1. The molecule has 0 aliphatic carbocycles. The topological polar surface area (TPSA) is 119 Å². The van der Waals surface area contributed by atoms with Gasteiger partial charge in [0.05, 0.1) is 0 Å². The SMILES string of the molecule is CC(CC(C)(C)OC(N)=O)C(O)=C1C(=O)NC(C=Cc2ccccc2)C1=O. The zero-order valence-corrected chi connectivity index (χ0v) is 15.6. The number of allylic oxidation sites excluding steroid dienone is 1. The van der Waals surface area contributed by atoms with E-state index in [1.807, 2.05) is 30.3 Å². The van der Waals surface area contributed by atoms with E-state index in [1.54, 1.807) is 32.9 Å². The summed E-state index contributed by atoms with van der Waals surface area (Å²) in [6.45, 7) is 4.91. The summed E-state index contributed by atoms with van der Waals surface area (Å²) >= 11 is 0. The number of primary amides is 1. The highest BCUT2D eigenvalue weighted by Gasteiger charge is 2.39. The predicted octanol–water partition coefficient (Wildman–Crippen LogP) is 2.48. The van der Waals surface area contributed by atoms with Crippen LogP contribution in [0.25, 0.3) is 6.08 Å². The lowest BCUT2D eigenvalue weighted by molar-refractivity contribution is -0.117. The van der Waals surface area contributed by atoms with Crippen LogP contribution in [0.15, 0.2) is 47.7 Å². The van der Waals surface area contributed by atoms with Crippen LogP contribution in [0.3, 0.4) is 0 Å². The first-order chi connectivity index (χ1) is 12.6. The van der Waals surface area contributed by atoms with E-state index in [-0.39, 0.29) is 17.8 Å². The number of aliphatic hydroxyl groups is 1. The number of carbonyl (C=O) groups excluding carboxylic acids is 3. The van der Waals surface area contributed by atoms with Crippen molar-refractivity contribution < 1.29 is 24.2 Å². The minimum absolute atomic E-state index is 0.191. The van der Waals surface area contributed by atoms with Crippen molar-refractivity contribution in [2.45, 2.75) is 38.8 Å². The Labute approximate surface area is 157 Å².